The lowest BCUT2D eigenvalue weighted by atomic mass is 9.73. The topological polar surface area (TPSA) is 93.1 Å². The van der Waals surface area contributed by atoms with E-state index >= 15 is 0 Å². The number of hydrogen-bond donors (Lipinski definition) is 2. The number of rotatable bonds is 9. The van der Waals surface area contributed by atoms with E-state index in [1.807, 2.05) is 19.1 Å². The molecule has 1 aromatic rings. The molecule has 6 nitrogen and oxygen atoms in total. The molecule has 0 radical (unpaired) electrons. The second-order valence-electron chi connectivity index (χ2n) is 8.33. The second kappa shape index (κ2) is 9.61. The zero-order valence-corrected chi connectivity index (χ0v) is 17.3. The fourth-order valence-electron chi connectivity index (χ4n) is 5.07. The highest BCUT2D eigenvalue weighted by molar-refractivity contribution is 5.69. The van der Waals surface area contributed by atoms with Gasteiger partial charge < -0.3 is 19.7 Å². The second-order valence-corrected chi connectivity index (χ2v) is 8.33. The Labute approximate surface area is 172 Å². The molecule has 6 heteroatoms. The Morgan fingerprint density at radius 3 is 2.72 bits per heavy atom. The quantitative estimate of drug-likeness (QED) is 0.613. The van der Waals surface area contributed by atoms with Gasteiger partial charge in [-0.25, -0.2) is 4.79 Å². The molecule has 0 bridgehead atoms. The zero-order valence-electron chi connectivity index (χ0n) is 17.3. The summed E-state index contributed by atoms with van der Waals surface area (Å²) in [6.45, 7) is 3.48. The molecule has 29 heavy (non-hydrogen) atoms. The molecule has 0 aliphatic heterocycles. The first-order valence-electron chi connectivity index (χ1n) is 10.8. The van der Waals surface area contributed by atoms with Gasteiger partial charge in [0.1, 0.15) is 11.9 Å². The van der Waals surface area contributed by atoms with Crippen molar-refractivity contribution in [3.63, 3.8) is 0 Å². The van der Waals surface area contributed by atoms with Crippen LogP contribution in [0.4, 0.5) is 0 Å². The highest BCUT2D eigenvalue weighted by Gasteiger charge is 2.45. The average molecular weight is 405 g/mol. The first kappa shape index (κ1) is 21.6. The first-order valence-corrected chi connectivity index (χ1v) is 10.8. The standard InChI is InChI=1S/C23H32O6/c1-3-16(29-23(27)4-2)8-9-17-18-10-14-6-5-7-21(28-13-22(25)26)19(14)11-15(18)12-20(17)24/h5-7,15-18,20,24H,3-4,8-13H2,1-2H3,(H,25,26)/t15-,16-,17+,18-,20+/m0/s1. The molecule has 1 saturated carbocycles. The van der Waals surface area contributed by atoms with Crippen LogP contribution in [0.3, 0.4) is 0 Å². The van der Waals surface area contributed by atoms with Crippen LogP contribution in [0.2, 0.25) is 0 Å². The SMILES string of the molecule is CCC(=O)O[C@@H](CC)CC[C@@H]1[C@H]2Cc3cccc(OCC(=O)O)c3C[C@H]2C[C@H]1O. The van der Waals surface area contributed by atoms with Crippen molar-refractivity contribution in [2.45, 2.75) is 71.0 Å². The molecule has 0 amide bonds. The van der Waals surface area contributed by atoms with Gasteiger partial charge in [-0.3, -0.25) is 4.79 Å². The maximum Gasteiger partial charge on any atom is 0.341 e. The molecule has 1 aromatic carbocycles. The molecular formula is C23H32O6. The minimum Gasteiger partial charge on any atom is -0.482 e. The number of esters is 1. The fraction of sp³-hybridized carbons (Fsp3) is 0.652. The van der Waals surface area contributed by atoms with Gasteiger partial charge in [0, 0.05) is 6.42 Å². The Morgan fingerprint density at radius 1 is 1.24 bits per heavy atom. The van der Waals surface area contributed by atoms with Crippen molar-refractivity contribution in [3.05, 3.63) is 29.3 Å². The monoisotopic (exact) mass is 404 g/mol. The van der Waals surface area contributed by atoms with Crippen molar-refractivity contribution in [2.75, 3.05) is 6.61 Å². The van der Waals surface area contributed by atoms with Crippen molar-refractivity contribution in [1.82, 2.24) is 0 Å². The summed E-state index contributed by atoms with van der Waals surface area (Å²) >= 11 is 0. The Bertz CT molecular complexity index is 730. The van der Waals surface area contributed by atoms with Gasteiger partial charge in [-0.1, -0.05) is 26.0 Å². The summed E-state index contributed by atoms with van der Waals surface area (Å²) in [4.78, 5) is 22.5. The molecule has 0 spiro atoms. The summed E-state index contributed by atoms with van der Waals surface area (Å²) < 4.78 is 11.0. The van der Waals surface area contributed by atoms with Crippen LogP contribution in [0.5, 0.6) is 5.75 Å². The van der Waals surface area contributed by atoms with E-state index < -0.39 is 5.97 Å². The first-order chi connectivity index (χ1) is 13.9. The van der Waals surface area contributed by atoms with Gasteiger partial charge in [-0.05, 0) is 73.5 Å². The van der Waals surface area contributed by atoms with E-state index in [4.69, 9.17) is 14.6 Å². The lowest BCUT2D eigenvalue weighted by Gasteiger charge is -2.32. The van der Waals surface area contributed by atoms with Crippen LogP contribution < -0.4 is 4.74 Å². The number of ether oxygens (including phenoxy) is 2. The van der Waals surface area contributed by atoms with Crippen molar-refractivity contribution in [2.24, 2.45) is 17.8 Å². The third kappa shape index (κ3) is 5.10. The van der Waals surface area contributed by atoms with E-state index in [-0.39, 0.29) is 30.7 Å². The molecule has 5 atom stereocenters. The number of benzene rings is 1. The summed E-state index contributed by atoms with van der Waals surface area (Å²) in [5.41, 5.74) is 2.28. The molecule has 2 aliphatic rings. The number of carbonyl (C=O) groups excluding carboxylic acids is 1. The van der Waals surface area contributed by atoms with Crippen LogP contribution in [0.1, 0.15) is 57.1 Å². The number of carboxylic acid groups (broad SMARTS) is 1. The van der Waals surface area contributed by atoms with Gasteiger partial charge in [-0.2, -0.15) is 0 Å². The molecule has 3 rings (SSSR count). The largest absolute Gasteiger partial charge is 0.482 e. The number of fused-ring (bicyclic) bond motifs is 2. The van der Waals surface area contributed by atoms with Crippen LogP contribution >= 0.6 is 0 Å². The van der Waals surface area contributed by atoms with E-state index in [0.29, 0.717) is 24.0 Å². The molecular weight excluding hydrogens is 372 g/mol. The van der Waals surface area contributed by atoms with E-state index in [0.717, 1.165) is 44.1 Å². The summed E-state index contributed by atoms with van der Waals surface area (Å²) in [5, 5.41) is 19.6. The van der Waals surface area contributed by atoms with E-state index in [1.54, 1.807) is 6.92 Å². The number of carboxylic acids is 1. The van der Waals surface area contributed by atoms with Crippen LogP contribution in [-0.2, 0) is 27.2 Å². The number of aliphatic hydroxyl groups excluding tert-OH is 1. The van der Waals surface area contributed by atoms with Gasteiger partial charge in [0.05, 0.1) is 6.10 Å². The molecule has 0 aromatic heterocycles. The summed E-state index contributed by atoms with van der Waals surface area (Å²) in [7, 11) is 0. The smallest absolute Gasteiger partial charge is 0.341 e. The molecule has 0 heterocycles. The minimum absolute atomic E-state index is 0.0828. The molecule has 2 aliphatic carbocycles. The van der Waals surface area contributed by atoms with Crippen LogP contribution in [0.15, 0.2) is 18.2 Å². The minimum atomic E-state index is -0.984. The highest BCUT2D eigenvalue weighted by Crippen LogP contribution is 2.48. The average Bonchev–Trinajstić information content (AvgIpc) is 3.01. The maximum absolute atomic E-state index is 11.6. The van der Waals surface area contributed by atoms with Gasteiger partial charge in [-0.15, -0.1) is 0 Å². The Hall–Kier alpha value is -2.08. The molecule has 0 saturated heterocycles. The third-order valence-electron chi connectivity index (χ3n) is 6.56. The predicted octanol–water partition coefficient (Wildman–Crippen LogP) is 3.37. The Balaban J connectivity index is 1.67. The number of hydrogen-bond acceptors (Lipinski definition) is 5. The van der Waals surface area contributed by atoms with Gasteiger partial charge in [0.25, 0.3) is 0 Å². The van der Waals surface area contributed by atoms with Crippen LogP contribution in [-0.4, -0.2) is 41.0 Å². The predicted molar refractivity (Wildman–Crippen MR) is 108 cm³/mol. The Morgan fingerprint density at radius 2 is 2.03 bits per heavy atom. The van der Waals surface area contributed by atoms with Crippen LogP contribution in [0, 0.1) is 17.8 Å². The molecule has 1 fully saturated rings. The van der Waals surface area contributed by atoms with Crippen molar-refractivity contribution in [1.29, 1.82) is 0 Å². The van der Waals surface area contributed by atoms with Crippen LogP contribution in [0.25, 0.3) is 0 Å². The lowest BCUT2D eigenvalue weighted by Crippen LogP contribution is -2.28. The summed E-state index contributed by atoms with van der Waals surface area (Å²) in [6.07, 6.45) is 4.81. The van der Waals surface area contributed by atoms with Crippen molar-refractivity contribution >= 4 is 11.9 Å². The fourth-order valence-corrected chi connectivity index (χ4v) is 5.07. The van der Waals surface area contributed by atoms with E-state index in [2.05, 4.69) is 6.07 Å². The molecule has 160 valence electrons. The van der Waals surface area contributed by atoms with Gasteiger partial charge in [0.2, 0.25) is 0 Å². The zero-order chi connectivity index (χ0) is 21.0. The van der Waals surface area contributed by atoms with Crippen molar-refractivity contribution < 1.29 is 29.3 Å². The Kier molecular flexibility index (Phi) is 7.17. The molecule has 2 N–H and O–H groups in total. The number of aliphatic hydroxyl groups is 1. The maximum atomic E-state index is 11.6. The number of carbonyl (C=O) groups is 2. The van der Waals surface area contributed by atoms with E-state index in [9.17, 15) is 14.7 Å². The number of aliphatic carboxylic acids is 1. The van der Waals surface area contributed by atoms with Crippen molar-refractivity contribution in [3.8, 4) is 5.75 Å². The highest BCUT2D eigenvalue weighted by atomic mass is 16.5. The lowest BCUT2D eigenvalue weighted by molar-refractivity contribution is -0.149. The van der Waals surface area contributed by atoms with Gasteiger partial charge in [0.15, 0.2) is 6.61 Å². The van der Waals surface area contributed by atoms with E-state index in [1.165, 1.54) is 5.56 Å². The normalized spacial score (nSPS) is 26.3. The summed E-state index contributed by atoms with van der Waals surface area (Å²) in [6, 6.07) is 5.83. The van der Waals surface area contributed by atoms with Gasteiger partial charge >= 0.3 is 11.9 Å². The summed E-state index contributed by atoms with van der Waals surface area (Å²) in [5.74, 6) is 0.468. The molecule has 0 unspecified atom stereocenters. The third-order valence-corrected chi connectivity index (χ3v) is 6.56.